The van der Waals surface area contributed by atoms with Crippen LogP contribution in [0.2, 0.25) is 0 Å². The largest absolute Gasteiger partial charge is 0.207 e. The normalized spacial score (nSPS) is 16.1. The predicted molar refractivity (Wildman–Crippen MR) is 42.7 cm³/mol. The van der Waals surface area contributed by atoms with Crippen LogP contribution in [0.1, 0.15) is 17.5 Å². The zero-order valence-corrected chi connectivity index (χ0v) is 6.31. The number of hydrogen-bond acceptors (Lipinski definition) is 0. The molecule has 0 heterocycles. The Bertz CT molecular complexity index is 266. The van der Waals surface area contributed by atoms with Crippen LogP contribution in [0.5, 0.6) is 0 Å². The third-order valence-corrected chi connectivity index (χ3v) is 2.15. The Kier molecular flexibility index (Phi) is 1.65. The van der Waals surface area contributed by atoms with Crippen molar-refractivity contribution in [1.29, 1.82) is 0 Å². The molecular formula is C10H10F. The van der Waals surface area contributed by atoms with Crippen LogP contribution in [0.3, 0.4) is 0 Å². The van der Waals surface area contributed by atoms with E-state index in [4.69, 9.17) is 0 Å². The van der Waals surface area contributed by atoms with Gasteiger partial charge in [0.1, 0.15) is 5.82 Å². The van der Waals surface area contributed by atoms with Crippen molar-refractivity contribution in [3.05, 3.63) is 41.6 Å². The third-order valence-electron chi connectivity index (χ3n) is 2.15. The summed E-state index contributed by atoms with van der Waals surface area (Å²) in [6.45, 7) is 0. The highest BCUT2D eigenvalue weighted by molar-refractivity contribution is 5.31. The first kappa shape index (κ1) is 6.84. The van der Waals surface area contributed by atoms with E-state index in [0.717, 1.165) is 24.8 Å². The standard InChI is InChI=1S/C10H10F/c11-10-6-5-8-3-1-2-4-9(8)7-10/h2,5-7H,1,3-4H2. The zero-order chi connectivity index (χ0) is 7.68. The number of fused-ring (bicyclic) bond motifs is 1. The number of halogens is 1. The van der Waals surface area contributed by atoms with Crippen molar-refractivity contribution >= 4 is 0 Å². The maximum atomic E-state index is 12.7. The molecule has 0 atom stereocenters. The summed E-state index contributed by atoms with van der Waals surface area (Å²) in [4.78, 5) is 0. The molecule has 57 valence electrons. The summed E-state index contributed by atoms with van der Waals surface area (Å²) in [7, 11) is 0. The molecular weight excluding hydrogens is 139 g/mol. The van der Waals surface area contributed by atoms with Gasteiger partial charge in [-0.25, -0.2) is 4.39 Å². The van der Waals surface area contributed by atoms with E-state index in [2.05, 4.69) is 6.42 Å². The van der Waals surface area contributed by atoms with Crippen LogP contribution < -0.4 is 0 Å². The Labute approximate surface area is 66.1 Å². The van der Waals surface area contributed by atoms with Crippen molar-refractivity contribution in [3.8, 4) is 0 Å². The SMILES string of the molecule is Fc1ccc2c(c1)C[CH]CC2. The van der Waals surface area contributed by atoms with Crippen LogP contribution in [0.4, 0.5) is 4.39 Å². The van der Waals surface area contributed by atoms with E-state index < -0.39 is 0 Å². The van der Waals surface area contributed by atoms with Crippen LogP contribution in [-0.4, -0.2) is 0 Å². The molecule has 1 aliphatic carbocycles. The van der Waals surface area contributed by atoms with Crippen LogP contribution in [0.15, 0.2) is 18.2 Å². The molecule has 1 radical (unpaired) electrons. The van der Waals surface area contributed by atoms with Gasteiger partial charge < -0.3 is 0 Å². The van der Waals surface area contributed by atoms with Crippen molar-refractivity contribution < 1.29 is 4.39 Å². The van der Waals surface area contributed by atoms with E-state index in [1.54, 1.807) is 12.1 Å². The zero-order valence-electron chi connectivity index (χ0n) is 6.31. The molecule has 0 aromatic heterocycles. The summed E-state index contributed by atoms with van der Waals surface area (Å²) >= 11 is 0. The van der Waals surface area contributed by atoms with Crippen LogP contribution in [0.25, 0.3) is 0 Å². The van der Waals surface area contributed by atoms with Crippen LogP contribution in [0, 0.1) is 12.2 Å². The molecule has 1 aromatic rings. The Hall–Kier alpha value is -0.850. The van der Waals surface area contributed by atoms with E-state index in [9.17, 15) is 4.39 Å². The van der Waals surface area contributed by atoms with Crippen molar-refractivity contribution in [2.24, 2.45) is 0 Å². The molecule has 0 fully saturated rings. The van der Waals surface area contributed by atoms with Gasteiger partial charge in [-0.2, -0.15) is 0 Å². The molecule has 0 amide bonds. The van der Waals surface area contributed by atoms with Gasteiger partial charge in [-0.3, -0.25) is 0 Å². The highest BCUT2D eigenvalue weighted by atomic mass is 19.1. The third kappa shape index (κ3) is 1.28. The fraction of sp³-hybridized carbons (Fsp3) is 0.300. The summed E-state index contributed by atoms with van der Waals surface area (Å²) in [5, 5.41) is 0. The molecule has 1 heteroatoms. The second kappa shape index (κ2) is 2.65. The molecule has 0 N–H and O–H groups in total. The average molecular weight is 149 g/mol. The monoisotopic (exact) mass is 149 g/mol. The lowest BCUT2D eigenvalue weighted by Crippen LogP contribution is -2.02. The number of rotatable bonds is 0. The maximum Gasteiger partial charge on any atom is 0.123 e. The highest BCUT2D eigenvalue weighted by Crippen LogP contribution is 2.20. The van der Waals surface area contributed by atoms with Crippen LogP contribution >= 0.6 is 0 Å². The molecule has 11 heavy (non-hydrogen) atoms. The molecule has 1 aliphatic rings. The molecule has 0 unspecified atom stereocenters. The fourth-order valence-corrected chi connectivity index (χ4v) is 1.54. The van der Waals surface area contributed by atoms with Crippen molar-refractivity contribution in [1.82, 2.24) is 0 Å². The first-order valence-electron chi connectivity index (χ1n) is 3.95. The number of benzene rings is 1. The fourth-order valence-electron chi connectivity index (χ4n) is 1.54. The number of aryl methyl sites for hydroxylation is 1. The second-order valence-electron chi connectivity index (χ2n) is 2.94. The lowest BCUT2D eigenvalue weighted by Gasteiger charge is -2.14. The summed E-state index contributed by atoms with van der Waals surface area (Å²) in [5.74, 6) is -0.112. The van der Waals surface area contributed by atoms with Gasteiger partial charge in [0.05, 0.1) is 0 Å². The molecule has 0 spiro atoms. The second-order valence-corrected chi connectivity index (χ2v) is 2.94. The van der Waals surface area contributed by atoms with Gasteiger partial charge in [-0.05, 0) is 48.9 Å². The first-order chi connectivity index (χ1) is 5.36. The highest BCUT2D eigenvalue weighted by Gasteiger charge is 2.08. The molecule has 0 aliphatic heterocycles. The molecule has 2 rings (SSSR count). The van der Waals surface area contributed by atoms with Gasteiger partial charge in [0, 0.05) is 0 Å². The quantitative estimate of drug-likeness (QED) is 0.531. The van der Waals surface area contributed by atoms with Gasteiger partial charge in [0.2, 0.25) is 0 Å². The smallest absolute Gasteiger partial charge is 0.123 e. The molecule has 0 nitrogen and oxygen atoms in total. The molecule has 1 aromatic carbocycles. The Morgan fingerprint density at radius 1 is 1.18 bits per heavy atom. The van der Waals surface area contributed by atoms with E-state index in [1.807, 2.05) is 6.07 Å². The Morgan fingerprint density at radius 2 is 2.09 bits per heavy atom. The molecule has 0 saturated carbocycles. The van der Waals surface area contributed by atoms with Crippen LogP contribution in [-0.2, 0) is 12.8 Å². The van der Waals surface area contributed by atoms with Gasteiger partial charge in [0.25, 0.3) is 0 Å². The van der Waals surface area contributed by atoms with Gasteiger partial charge in [-0.1, -0.05) is 6.07 Å². The predicted octanol–water partition coefficient (Wildman–Crippen LogP) is 2.52. The average Bonchev–Trinajstić information content (AvgIpc) is 2.04. The summed E-state index contributed by atoms with van der Waals surface area (Å²) in [6, 6.07) is 5.09. The van der Waals surface area contributed by atoms with Gasteiger partial charge in [0.15, 0.2) is 0 Å². The lowest BCUT2D eigenvalue weighted by molar-refractivity contribution is 0.622. The lowest BCUT2D eigenvalue weighted by atomic mass is 9.92. The topological polar surface area (TPSA) is 0 Å². The Morgan fingerprint density at radius 3 is 3.00 bits per heavy atom. The van der Waals surface area contributed by atoms with E-state index in [1.165, 1.54) is 5.56 Å². The minimum absolute atomic E-state index is 0.112. The molecule has 0 saturated heterocycles. The van der Waals surface area contributed by atoms with Gasteiger partial charge in [-0.15, -0.1) is 0 Å². The van der Waals surface area contributed by atoms with E-state index in [0.29, 0.717) is 0 Å². The van der Waals surface area contributed by atoms with E-state index >= 15 is 0 Å². The minimum atomic E-state index is -0.112. The maximum absolute atomic E-state index is 12.7. The van der Waals surface area contributed by atoms with Crippen molar-refractivity contribution in [2.75, 3.05) is 0 Å². The minimum Gasteiger partial charge on any atom is -0.207 e. The molecule has 0 bridgehead atoms. The first-order valence-corrected chi connectivity index (χ1v) is 3.95. The van der Waals surface area contributed by atoms with Crippen molar-refractivity contribution in [2.45, 2.75) is 19.3 Å². The van der Waals surface area contributed by atoms with E-state index in [-0.39, 0.29) is 5.82 Å². The van der Waals surface area contributed by atoms with Crippen molar-refractivity contribution in [3.63, 3.8) is 0 Å². The van der Waals surface area contributed by atoms with Gasteiger partial charge >= 0.3 is 0 Å². The Balaban J connectivity index is 2.43. The summed E-state index contributed by atoms with van der Waals surface area (Å²) < 4.78 is 12.7. The summed E-state index contributed by atoms with van der Waals surface area (Å²) in [5.41, 5.74) is 2.48. The number of hydrogen-bond donors (Lipinski definition) is 0. The summed E-state index contributed by atoms with van der Waals surface area (Å²) in [6.07, 6.45) is 5.36.